The van der Waals surface area contributed by atoms with Crippen molar-refractivity contribution in [2.45, 2.75) is 6.61 Å². The van der Waals surface area contributed by atoms with E-state index in [2.05, 4.69) is 9.72 Å². The predicted octanol–water partition coefficient (Wildman–Crippen LogP) is 3.93. The van der Waals surface area contributed by atoms with E-state index in [9.17, 15) is 4.79 Å². The van der Waals surface area contributed by atoms with Crippen LogP contribution in [0.1, 0.15) is 5.56 Å². The molecule has 0 bridgehead atoms. The van der Waals surface area contributed by atoms with Crippen LogP contribution in [0.4, 0.5) is 10.8 Å². The zero-order valence-corrected chi connectivity index (χ0v) is 12.0. The van der Waals surface area contributed by atoms with Crippen molar-refractivity contribution < 1.29 is 19.1 Å². The third-order valence-electron chi connectivity index (χ3n) is 3.07. The third-order valence-corrected chi connectivity index (χ3v) is 3.30. The number of benzene rings is 2. The number of halogens is 1. The van der Waals surface area contributed by atoms with E-state index >= 15 is 0 Å². The van der Waals surface area contributed by atoms with Gasteiger partial charge in [0.15, 0.2) is 5.58 Å². The lowest BCUT2D eigenvalue weighted by Crippen LogP contribution is -2.00. The molecule has 22 heavy (non-hydrogen) atoms. The number of nitrogen functional groups attached to an aromatic ring is 1. The molecule has 0 aliphatic carbocycles. The van der Waals surface area contributed by atoms with Gasteiger partial charge in [0.2, 0.25) is 0 Å². The Morgan fingerprint density at radius 3 is 2.91 bits per heavy atom. The number of hydrogen-bond acceptors (Lipinski definition) is 5. The Labute approximate surface area is 130 Å². The first kappa shape index (κ1) is 14.2. The monoisotopic (exact) mass is 318 g/mol. The summed E-state index contributed by atoms with van der Waals surface area (Å²) < 4.78 is 9.93. The van der Waals surface area contributed by atoms with Gasteiger partial charge in [0.25, 0.3) is 6.01 Å². The number of oxazole rings is 1. The standard InChI is InChI=1S/C15H11ClN2O4/c16-10-3-1-2-9(6-10)11-4-8(7-21-15(19)20)5-12-13(11)18-14(17)22-12/h1-6H,7H2,(H2,17,18)(H,19,20). The van der Waals surface area contributed by atoms with Gasteiger partial charge < -0.3 is 20.0 Å². The summed E-state index contributed by atoms with van der Waals surface area (Å²) in [5.74, 6) is 0. The maximum absolute atomic E-state index is 10.5. The van der Waals surface area contributed by atoms with Crippen LogP contribution in [0.5, 0.6) is 0 Å². The van der Waals surface area contributed by atoms with Crippen molar-refractivity contribution in [2.24, 2.45) is 0 Å². The highest BCUT2D eigenvalue weighted by molar-refractivity contribution is 6.30. The first-order valence-corrected chi connectivity index (χ1v) is 6.71. The molecule has 0 amide bonds. The smallest absolute Gasteiger partial charge is 0.450 e. The molecule has 0 aliphatic rings. The van der Waals surface area contributed by atoms with Crippen LogP contribution in [-0.2, 0) is 11.3 Å². The molecule has 112 valence electrons. The average molecular weight is 319 g/mol. The van der Waals surface area contributed by atoms with Crippen molar-refractivity contribution in [2.75, 3.05) is 5.73 Å². The number of rotatable bonds is 3. The maximum atomic E-state index is 10.5. The van der Waals surface area contributed by atoms with Gasteiger partial charge in [-0.2, -0.15) is 4.98 Å². The Balaban J connectivity index is 2.15. The first-order chi connectivity index (χ1) is 10.5. The van der Waals surface area contributed by atoms with Gasteiger partial charge in [-0.3, -0.25) is 0 Å². The fraction of sp³-hybridized carbons (Fsp3) is 0.0667. The Bertz CT molecular complexity index is 860. The van der Waals surface area contributed by atoms with E-state index in [0.29, 0.717) is 21.7 Å². The average Bonchev–Trinajstić information content (AvgIpc) is 2.84. The summed E-state index contributed by atoms with van der Waals surface area (Å²) in [5.41, 5.74) is 8.84. The number of fused-ring (bicyclic) bond motifs is 1. The zero-order chi connectivity index (χ0) is 15.7. The summed E-state index contributed by atoms with van der Waals surface area (Å²) in [6, 6.07) is 10.7. The molecular weight excluding hydrogens is 308 g/mol. The highest BCUT2D eigenvalue weighted by atomic mass is 35.5. The van der Waals surface area contributed by atoms with Gasteiger partial charge in [-0.25, -0.2) is 4.79 Å². The van der Waals surface area contributed by atoms with Gasteiger partial charge in [0.1, 0.15) is 12.1 Å². The summed E-state index contributed by atoms with van der Waals surface area (Å²) in [5, 5.41) is 9.20. The van der Waals surface area contributed by atoms with Gasteiger partial charge in [-0.1, -0.05) is 23.7 Å². The Kier molecular flexibility index (Phi) is 3.60. The van der Waals surface area contributed by atoms with Crippen LogP contribution in [-0.4, -0.2) is 16.2 Å². The van der Waals surface area contributed by atoms with E-state index in [1.807, 2.05) is 12.1 Å². The SMILES string of the molecule is Nc1nc2c(-c3cccc(Cl)c3)cc(COC(=O)O)cc2o1. The van der Waals surface area contributed by atoms with E-state index < -0.39 is 6.16 Å². The van der Waals surface area contributed by atoms with E-state index in [0.717, 1.165) is 11.1 Å². The fourth-order valence-electron chi connectivity index (χ4n) is 2.21. The summed E-state index contributed by atoms with van der Waals surface area (Å²) >= 11 is 6.02. The number of ether oxygens (including phenoxy) is 1. The summed E-state index contributed by atoms with van der Waals surface area (Å²) in [6.45, 7) is -0.0978. The zero-order valence-electron chi connectivity index (χ0n) is 11.2. The normalized spacial score (nSPS) is 10.8. The van der Waals surface area contributed by atoms with Crippen molar-refractivity contribution in [1.29, 1.82) is 0 Å². The summed E-state index contributed by atoms with van der Waals surface area (Å²) in [6.07, 6.45) is -1.35. The van der Waals surface area contributed by atoms with Crippen molar-refractivity contribution in [3.63, 3.8) is 0 Å². The second-order valence-electron chi connectivity index (χ2n) is 4.61. The second kappa shape index (κ2) is 5.57. The molecule has 3 rings (SSSR count). The fourth-order valence-corrected chi connectivity index (χ4v) is 2.40. The second-order valence-corrected chi connectivity index (χ2v) is 5.04. The lowest BCUT2D eigenvalue weighted by molar-refractivity contribution is 0.0854. The molecule has 1 aromatic heterocycles. The molecular formula is C15H11ClN2O4. The number of hydrogen-bond donors (Lipinski definition) is 2. The summed E-state index contributed by atoms with van der Waals surface area (Å²) in [7, 11) is 0. The van der Waals surface area contributed by atoms with Gasteiger partial charge in [0.05, 0.1) is 0 Å². The molecule has 0 radical (unpaired) electrons. The van der Waals surface area contributed by atoms with Gasteiger partial charge in [0, 0.05) is 10.6 Å². The van der Waals surface area contributed by atoms with Crippen LogP contribution in [0.2, 0.25) is 5.02 Å². The Morgan fingerprint density at radius 2 is 2.18 bits per heavy atom. The lowest BCUT2D eigenvalue weighted by Gasteiger charge is -2.07. The topological polar surface area (TPSA) is 98.6 Å². The van der Waals surface area contributed by atoms with Crippen LogP contribution < -0.4 is 5.73 Å². The number of carboxylic acid groups (broad SMARTS) is 1. The highest BCUT2D eigenvalue weighted by Gasteiger charge is 2.13. The minimum Gasteiger partial charge on any atom is -0.450 e. The molecule has 0 saturated heterocycles. The van der Waals surface area contributed by atoms with Gasteiger partial charge in [-0.15, -0.1) is 0 Å². The summed E-state index contributed by atoms with van der Waals surface area (Å²) in [4.78, 5) is 14.7. The van der Waals surface area contributed by atoms with Crippen molar-refractivity contribution in [3.05, 3.63) is 47.0 Å². The molecule has 0 aliphatic heterocycles. The highest BCUT2D eigenvalue weighted by Crippen LogP contribution is 2.32. The van der Waals surface area contributed by atoms with Crippen molar-refractivity contribution in [3.8, 4) is 11.1 Å². The van der Waals surface area contributed by atoms with Gasteiger partial charge >= 0.3 is 6.16 Å². The van der Waals surface area contributed by atoms with Crippen LogP contribution in [0.25, 0.3) is 22.2 Å². The van der Waals surface area contributed by atoms with Crippen LogP contribution in [0.3, 0.4) is 0 Å². The van der Waals surface area contributed by atoms with Gasteiger partial charge in [-0.05, 0) is 35.4 Å². The largest absolute Gasteiger partial charge is 0.506 e. The molecule has 0 atom stereocenters. The van der Waals surface area contributed by atoms with E-state index in [4.69, 9.17) is 26.9 Å². The van der Waals surface area contributed by atoms with Crippen LogP contribution in [0.15, 0.2) is 40.8 Å². The molecule has 3 aromatic rings. The van der Waals surface area contributed by atoms with Crippen LogP contribution in [0, 0.1) is 0 Å². The van der Waals surface area contributed by atoms with E-state index in [1.165, 1.54) is 0 Å². The number of aromatic nitrogens is 1. The van der Waals surface area contributed by atoms with Crippen molar-refractivity contribution >= 4 is 34.9 Å². The molecule has 0 spiro atoms. The molecule has 7 heteroatoms. The number of nitrogens with zero attached hydrogens (tertiary/aromatic N) is 1. The van der Waals surface area contributed by atoms with Crippen LogP contribution >= 0.6 is 11.6 Å². The Morgan fingerprint density at radius 1 is 1.36 bits per heavy atom. The quantitative estimate of drug-likeness (QED) is 0.710. The lowest BCUT2D eigenvalue weighted by atomic mass is 10.0. The first-order valence-electron chi connectivity index (χ1n) is 6.33. The molecule has 3 N–H and O–H groups in total. The van der Waals surface area contributed by atoms with E-state index in [1.54, 1.807) is 24.3 Å². The molecule has 6 nitrogen and oxygen atoms in total. The van der Waals surface area contributed by atoms with Crippen molar-refractivity contribution in [1.82, 2.24) is 4.98 Å². The van der Waals surface area contributed by atoms with E-state index in [-0.39, 0.29) is 12.6 Å². The number of anilines is 1. The molecule has 0 saturated carbocycles. The number of nitrogens with two attached hydrogens (primary N) is 1. The number of carbonyl (C=O) groups is 1. The molecule has 1 heterocycles. The third kappa shape index (κ3) is 2.82. The molecule has 2 aromatic carbocycles. The molecule has 0 fully saturated rings. The predicted molar refractivity (Wildman–Crippen MR) is 81.7 cm³/mol. The Hall–Kier alpha value is -2.73. The minimum atomic E-state index is -1.35. The minimum absolute atomic E-state index is 0.0366. The maximum Gasteiger partial charge on any atom is 0.506 e. The molecule has 0 unspecified atom stereocenters.